The first-order valence-electron chi connectivity index (χ1n) is 8.57. The van der Waals surface area contributed by atoms with Gasteiger partial charge in [0.15, 0.2) is 0 Å². The molecule has 116 valence electrons. The maximum Gasteiger partial charge on any atom is 0.0476 e. The first-order valence-corrected chi connectivity index (χ1v) is 8.57. The summed E-state index contributed by atoms with van der Waals surface area (Å²) < 4.78 is 0. The highest BCUT2D eigenvalue weighted by Crippen LogP contribution is 2.43. The summed E-state index contributed by atoms with van der Waals surface area (Å²) in [4.78, 5) is 2.76. The number of hydrogen-bond acceptors (Lipinski definition) is 2. The summed E-state index contributed by atoms with van der Waals surface area (Å²) in [5, 5.41) is 3.89. The van der Waals surface area contributed by atoms with Gasteiger partial charge in [-0.15, -0.1) is 0 Å². The van der Waals surface area contributed by atoms with Crippen LogP contribution < -0.4 is 5.32 Å². The van der Waals surface area contributed by atoms with Crippen LogP contribution in [-0.4, -0.2) is 29.6 Å². The average Bonchev–Trinajstić information content (AvgIpc) is 3.32. The minimum Gasteiger partial charge on any atom is -0.308 e. The second-order valence-corrected chi connectivity index (χ2v) is 7.66. The van der Waals surface area contributed by atoms with Gasteiger partial charge in [-0.3, -0.25) is 4.90 Å². The summed E-state index contributed by atoms with van der Waals surface area (Å²) in [6.45, 7) is 11.8. The molecule has 0 bridgehead atoms. The Bertz CT molecular complexity index is 466. The topological polar surface area (TPSA) is 15.3 Å². The summed E-state index contributed by atoms with van der Waals surface area (Å²) >= 11 is 0. The number of hydrogen-bond donors (Lipinski definition) is 1. The maximum absolute atomic E-state index is 3.89. The zero-order chi connectivity index (χ0) is 15.0. The molecule has 21 heavy (non-hydrogen) atoms. The summed E-state index contributed by atoms with van der Waals surface area (Å²) in [5.74, 6) is 1.58. The van der Waals surface area contributed by atoms with Gasteiger partial charge in [0.1, 0.15) is 0 Å². The SMILES string of the molecule is CC(C)C(C)N1CC(C)(C2CC2)NCC1c1ccccc1. The van der Waals surface area contributed by atoms with Crippen molar-refractivity contribution in [3.8, 4) is 0 Å². The Labute approximate surface area is 129 Å². The Balaban J connectivity index is 1.85. The fourth-order valence-electron chi connectivity index (χ4n) is 3.78. The molecule has 0 amide bonds. The van der Waals surface area contributed by atoms with E-state index in [0.717, 1.165) is 12.5 Å². The molecule has 3 rings (SSSR count). The third-order valence-electron chi connectivity index (χ3n) is 5.76. The van der Waals surface area contributed by atoms with Crippen LogP contribution in [0.3, 0.4) is 0 Å². The molecule has 1 saturated carbocycles. The Hall–Kier alpha value is -0.860. The molecule has 3 unspecified atom stereocenters. The molecule has 1 N–H and O–H groups in total. The van der Waals surface area contributed by atoms with Gasteiger partial charge >= 0.3 is 0 Å². The van der Waals surface area contributed by atoms with Crippen molar-refractivity contribution in [2.45, 2.75) is 58.2 Å². The largest absolute Gasteiger partial charge is 0.308 e. The van der Waals surface area contributed by atoms with Crippen LogP contribution in [0.5, 0.6) is 0 Å². The van der Waals surface area contributed by atoms with Gasteiger partial charge in [0.2, 0.25) is 0 Å². The Morgan fingerprint density at radius 1 is 1.14 bits per heavy atom. The van der Waals surface area contributed by atoms with Crippen molar-refractivity contribution in [2.75, 3.05) is 13.1 Å². The van der Waals surface area contributed by atoms with E-state index < -0.39 is 0 Å². The number of piperazine rings is 1. The van der Waals surface area contributed by atoms with Crippen molar-refractivity contribution >= 4 is 0 Å². The van der Waals surface area contributed by atoms with Crippen LogP contribution in [-0.2, 0) is 0 Å². The standard InChI is InChI=1S/C19H30N2/c1-14(2)15(3)21-13-19(4,17-10-11-17)20-12-18(21)16-8-6-5-7-9-16/h5-9,14-15,17-18,20H,10-13H2,1-4H3. The van der Waals surface area contributed by atoms with Crippen molar-refractivity contribution in [1.29, 1.82) is 0 Å². The van der Waals surface area contributed by atoms with Gasteiger partial charge in [0.05, 0.1) is 0 Å². The van der Waals surface area contributed by atoms with Crippen LogP contribution >= 0.6 is 0 Å². The zero-order valence-corrected chi connectivity index (χ0v) is 14.0. The van der Waals surface area contributed by atoms with E-state index in [1.165, 1.54) is 24.9 Å². The Kier molecular flexibility index (Phi) is 4.11. The number of nitrogens with zero attached hydrogens (tertiary/aromatic N) is 1. The lowest BCUT2D eigenvalue weighted by Gasteiger charge is -2.50. The Morgan fingerprint density at radius 3 is 2.38 bits per heavy atom. The van der Waals surface area contributed by atoms with Crippen LogP contribution in [0.25, 0.3) is 0 Å². The fourth-order valence-corrected chi connectivity index (χ4v) is 3.78. The molecule has 2 heteroatoms. The monoisotopic (exact) mass is 286 g/mol. The Morgan fingerprint density at radius 2 is 1.81 bits per heavy atom. The summed E-state index contributed by atoms with van der Waals surface area (Å²) in [6, 6.07) is 12.2. The predicted molar refractivity (Wildman–Crippen MR) is 89.3 cm³/mol. The summed E-state index contributed by atoms with van der Waals surface area (Å²) in [6.07, 6.45) is 2.81. The highest BCUT2D eigenvalue weighted by atomic mass is 15.3. The van der Waals surface area contributed by atoms with Gasteiger partial charge in [-0.05, 0) is 44.1 Å². The van der Waals surface area contributed by atoms with Gasteiger partial charge < -0.3 is 5.32 Å². The van der Waals surface area contributed by atoms with Gasteiger partial charge in [-0.2, -0.15) is 0 Å². The van der Waals surface area contributed by atoms with E-state index in [9.17, 15) is 0 Å². The van der Waals surface area contributed by atoms with Gasteiger partial charge in [-0.1, -0.05) is 44.2 Å². The minimum atomic E-state index is 0.314. The lowest BCUT2D eigenvalue weighted by molar-refractivity contribution is 0.0275. The molecule has 1 aromatic rings. The van der Waals surface area contributed by atoms with Gasteiger partial charge in [0, 0.05) is 30.7 Å². The molecular weight excluding hydrogens is 256 g/mol. The third kappa shape index (κ3) is 3.02. The fraction of sp³-hybridized carbons (Fsp3) is 0.684. The van der Waals surface area contributed by atoms with E-state index in [1.807, 2.05) is 0 Å². The normalized spacial score (nSPS) is 32.3. The maximum atomic E-state index is 3.89. The van der Waals surface area contributed by atoms with E-state index >= 15 is 0 Å². The van der Waals surface area contributed by atoms with E-state index in [2.05, 4.69) is 68.2 Å². The van der Waals surface area contributed by atoms with Gasteiger partial charge in [-0.25, -0.2) is 0 Å². The van der Waals surface area contributed by atoms with Gasteiger partial charge in [0.25, 0.3) is 0 Å². The van der Waals surface area contributed by atoms with E-state index in [-0.39, 0.29) is 0 Å². The molecule has 1 heterocycles. The first kappa shape index (κ1) is 15.1. The minimum absolute atomic E-state index is 0.314. The van der Waals surface area contributed by atoms with Crippen LogP contribution in [0.1, 0.15) is 52.1 Å². The third-order valence-corrected chi connectivity index (χ3v) is 5.76. The smallest absolute Gasteiger partial charge is 0.0476 e. The molecule has 1 saturated heterocycles. The van der Waals surface area contributed by atoms with Crippen molar-refractivity contribution in [3.63, 3.8) is 0 Å². The summed E-state index contributed by atoms with van der Waals surface area (Å²) in [5.41, 5.74) is 1.77. The molecule has 1 aliphatic heterocycles. The van der Waals surface area contributed by atoms with E-state index in [4.69, 9.17) is 0 Å². The van der Waals surface area contributed by atoms with E-state index in [0.29, 0.717) is 23.5 Å². The number of nitrogens with one attached hydrogen (secondary N) is 1. The quantitative estimate of drug-likeness (QED) is 0.904. The molecule has 0 radical (unpaired) electrons. The molecule has 3 atom stereocenters. The lowest BCUT2D eigenvalue weighted by Crippen LogP contribution is -2.63. The lowest BCUT2D eigenvalue weighted by atomic mass is 9.86. The van der Waals surface area contributed by atoms with Crippen LogP contribution in [0.4, 0.5) is 0 Å². The number of benzene rings is 1. The molecule has 2 fully saturated rings. The average molecular weight is 286 g/mol. The molecule has 0 aromatic heterocycles. The van der Waals surface area contributed by atoms with Crippen LogP contribution in [0.15, 0.2) is 30.3 Å². The van der Waals surface area contributed by atoms with E-state index in [1.54, 1.807) is 0 Å². The zero-order valence-electron chi connectivity index (χ0n) is 14.0. The number of rotatable bonds is 4. The van der Waals surface area contributed by atoms with Crippen molar-refractivity contribution < 1.29 is 0 Å². The second kappa shape index (κ2) is 5.73. The highest BCUT2D eigenvalue weighted by Gasteiger charge is 2.47. The van der Waals surface area contributed by atoms with Crippen molar-refractivity contribution in [1.82, 2.24) is 10.2 Å². The molecule has 1 aromatic carbocycles. The predicted octanol–water partition coefficient (Wildman–Crippen LogP) is 3.85. The van der Waals surface area contributed by atoms with Crippen molar-refractivity contribution in [2.24, 2.45) is 11.8 Å². The molecule has 1 aliphatic carbocycles. The molecular formula is C19H30N2. The second-order valence-electron chi connectivity index (χ2n) is 7.66. The molecule has 0 spiro atoms. The van der Waals surface area contributed by atoms with Crippen LogP contribution in [0.2, 0.25) is 0 Å². The van der Waals surface area contributed by atoms with Crippen molar-refractivity contribution in [3.05, 3.63) is 35.9 Å². The summed E-state index contributed by atoms with van der Waals surface area (Å²) in [7, 11) is 0. The molecule has 2 nitrogen and oxygen atoms in total. The molecule has 2 aliphatic rings. The van der Waals surface area contributed by atoms with Crippen LogP contribution in [0, 0.1) is 11.8 Å². The first-order chi connectivity index (χ1) is 10.0. The highest BCUT2D eigenvalue weighted by molar-refractivity contribution is 5.22.